The lowest BCUT2D eigenvalue weighted by atomic mass is 9.96. The van der Waals surface area contributed by atoms with Gasteiger partial charge in [-0.25, -0.2) is 4.99 Å². The summed E-state index contributed by atoms with van der Waals surface area (Å²) in [5, 5.41) is 0. The Hall–Kier alpha value is -1.31. The zero-order valence-electron chi connectivity index (χ0n) is 10.5. The fourth-order valence-electron chi connectivity index (χ4n) is 2.50. The van der Waals surface area contributed by atoms with Crippen molar-refractivity contribution in [2.45, 2.75) is 38.1 Å². The smallest absolute Gasteiger partial charge is 0.194 e. The molecule has 0 amide bonds. The maximum Gasteiger partial charge on any atom is 0.194 e. The second kappa shape index (κ2) is 3.86. The van der Waals surface area contributed by atoms with Crippen LogP contribution in [0.4, 0.5) is 0 Å². The summed E-state index contributed by atoms with van der Waals surface area (Å²) in [5.41, 5.74) is 1.48. The third-order valence-electron chi connectivity index (χ3n) is 3.93. The average Bonchev–Trinajstić information content (AvgIpc) is 3.00. The third-order valence-corrected chi connectivity index (χ3v) is 3.93. The van der Waals surface area contributed by atoms with Crippen molar-refractivity contribution in [1.29, 1.82) is 0 Å². The fraction of sp³-hybridized carbons (Fsp3) is 0.533. The van der Waals surface area contributed by atoms with Crippen molar-refractivity contribution in [1.82, 2.24) is 0 Å². The minimum atomic E-state index is 0.116. The summed E-state index contributed by atoms with van der Waals surface area (Å²) in [5.74, 6) is 1.56. The summed E-state index contributed by atoms with van der Waals surface area (Å²) < 4.78 is 5.86. The van der Waals surface area contributed by atoms with E-state index in [1.807, 2.05) is 0 Å². The predicted octanol–water partition coefficient (Wildman–Crippen LogP) is 3.17. The second-order valence-electron chi connectivity index (χ2n) is 5.50. The van der Waals surface area contributed by atoms with Crippen LogP contribution in [0.3, 0.4) is 0 Å². The first-order valence-corrected chi connectivity index (χ1v) is 6.49. The van der Waals surface area contributed by atoms with Gasteiger partial charge in [0.1, 0.15) is 6.61 Å². The molecule has 0 bridgehead atoms. The average molecular weight is 229 g/mol. The molecule has 2 heteroatoms. The molecule has 90 valence electrons. The monoisotopic (exact) mass is 229 g/mol. The molecule has 1 heterocycles. The van der Waals surface area contributed by atoms with Crippen LogP contribution >= 0.6 is 0 Å². The Balaban J connectivity index is 1.88. The van der Waals surface area contributed by atoms with Crippen LogP contribution in [-0.4, -0.2) is 18.5 Å². The summed E-state index contributed by atoms with van der Waals surface area (Å²) in [6.45, 7) is 5.19. The lowest BCUT2D eigenvalue weighted by Crippen LogP contribution is -2.20. The lowest BCUT2D eigenvalue weighted by Gasteiger charge is -2.14. The molecule has 3 rings (SSSR count). The zero-order chi connectivity index (χ0) is 11.9. The number of hydrogen-bond donors (Lipinski definition) is 0. The van der Waals surface area contributed by atoms with E-state index in [0.717, 1.165) is 12.5 Å². The van der Waals surface area contributed by atoms with Crippen LogP contribution in [0, 0.1) is 5.92 Å². The van der Waals surface area contributed by atoms with Crippen molar-refractivity contribution in [2.24, 2.45) is 10.9 Å². The molecular formula is C15H19NO. The molecule has 1 aliphatic carbocycles. The van der Waals surface area contributed by atoms with E-state index in [-0.39, 0.29) is 5.41 Å². The van der Waals surface area contributed by atoms with Gasteiger partial charge in [0, 0.05) is 0 Å². The molecule has 1 unspecified atom stereocenters. The Labute approximate surface area is 103 Å². The van der Waals surface area contributed by atoms with E-state index < -0.39 is 0 Å². The van der Waals surface area contributed by atoms with Gasteiger partial charge in [-0.2, -0.15) is 0 Å². The number of hydrogen-bond acceptors (Lipinski definition) is 2. The predicted molar refractivity (Wildman–Crippen MR) is 69.4 cm³/mol. The zero-order valence-corrected chi connectivity index (χ0v) is 10.5. The van der Waals surface area contributed by atoms with E-state index in [2.05, 4.69) is 44.2 Å². The van der Waals surface area contributed by atoms with Crippen molar-refractivity contribution in [3.8, 4) is 0 Å². The second-order valence-corrected chi connectivity index (χ2v) is 5.50. The maximum absolute atomic E-state index is 5.86. The molecule has 2 aliphatic rings. The molecule has 0 spiro atoms. The summed E-state index contributed by atoms with van der Waals surface area (Å²) in [7, 11) is 0. The Morgan fingerprint density at radius 2 is 1.94 bits per heavy atom. The Morgan fingerprint density at radius 1 is 1.24 bits per heavy atom. The third kappa shape index (κ3) is 1.76. The van der Waals surface area contributed by atoms with Crippen molar-refractivity contribution in [3.63, 3.8) is 0 Å². The summed E-state index contributed by atoms with van der Waals surface area (Å²) in [4.78, 5) is 4.79. The molecule has 2 nitrogen and oxygen atoms in total. The van der Waals surface area contributed by atoms with Gasteiger partial charge in [0.15, 0.2) is 5.90 Å². The van der Waals surface area contributed by atoms with Crippen molar-refractivity contribution < 1.29 is 4.74 Å². The Morgan fingerprint density at radius 3 is 2.47 bits per heavy atom. The van der Waals surface area contributed by atoms with Gasteiger partial charge in [-0.1, -0.05) is 44.2 Å². The number of ether oxygens (including phenoxy) is 1. The van der Waals surface area contributed by atoms with Crippen molar-refractivity contribution in [3.05, 3.63) is 35.9 Å². The van der Waals surface area contributed by atoms with E-state index in [4.69, 9.17) is 9.73 Å². The van der Waals surface area contributed by atoms with Crippen LogP contribution in [0.1, 0.15) is 32.3 Å². The number of benzene rings is 1. The highest BCUT2D eigenvalue weighted by atomic mass is 16.5. The first-order valence-electron chi connectivity index (χ1n) is 6.49. The van der Waals surface area contributed by atoms with E-state index >= 15 is 0 Å². The maximum atomic E-state index is 5.86. The summed E-state index contributed by atoms with van der Waals surface area (Å²) in [6, 6.07) is 11.0. The molecular weight excluding hydrogens is 210 g/mol. The van der Waals surface area contributed by atoms with E-state index in [1.54, 1.807) is 0 Å². The fourth-order valence-corrected chi connectivity index (χ4v) is 2.50. The van der Waals surface area contributed by atoms with Crippen molar-refractivity contribution in [2.75, 3.05) is 6.61 Å². The van der Waals surface area contributed by atoms with Gasteiger partial charge < -0.3 is 4.74 Å². The molecule has 1 saturated carbocycles. The minimum Gasteiger partial charge on any atom is -0.478 e. The van der Waals surface area contributed by atoms with Gasteiger partial charge >= 0.3 is 0 Å². The van der Waals surface area contributed by atoms with E-state index in [9.17, 15) is 0 Å². The van der Waals surface area contributed by atoms with Crippen molar-refractivity contribution >= 4 is 5.90 Å². The van der Waals surface area contributed by atoms with Gasteiger partial charge in [-0.15, -0.1) is 0 Å². The first kappa shape index (κ1) is 10.8. The van der Waals surface area contributed by atoms with Gasteiger partial charge in [0.05, 0.1) is 11.5 Å². The summed E-state index contributed by atoms with van der Waals surface area (Å²) >= 11 is 0. The molecule has 1 aromatic carbocycles. The summed E-state index contributed by atoms with van der Waals surface area (Å²) in [6.07, 6.45) is 2.36. The van der Waals surface area contributed by atoms with Gasteiger partial charge in [0.25, 0.3) is 0 Å². The van der Waals surface area contributed by atoms with Crippen LogP contribution in [0.25, 0.3) is 0 Å². The molecule has 1 fully saturated rings. The highest BCUT2D eigenvalue weighted by Crippen LogP contribution is 2.50. The highest BCUT2D eigenvalue weighted by molar-refractivity contribution is 5.92. The Bertz CT molecular complexity index is 431. The molecule has 0 saturated heterocycles. The number of rotatable bonds is 3. The van der Waals surface area contributed by atoms with Crippen LogP contribution in [0.2, 0.25) is 0 Å². The molecule has 0 aromatic heterocycles. The van der Waals surface area contributed by atoms with Crippen LogP contribution in [0.15, 0.2) is 35.3 Å². The normalized spacial score (nSPS) is 25.6. The molecule has 1 aromatic rings. The Kier molecular flexibility index (Phi) is 2.46. The SMILES string of the molecule is CC(C)C1COC(C2(c3ccccc3)CC2)=N1. The molecule has 17 heavy (non-hydrogen) atoms. The largest absolute Gasteiger partial charge is 0.478 e. The highest BCUT2D eigenvalue weighted by Gasteiger charge is 2.52. The molecule has 0 radical (unpaired) electrons. The lowest BCUT2D eigenvalue weighted by molar-refractivity contribution is 0.281. The molecule has 0 N–H and O–H groups in total. The van der Waals surface area contributed by atoms with Crippen LogP contribution < -0.4 is 0 Å². The van der Waals surface area contributed by atoms with E-state index in [0.29, 0.717) is 12.0 Å². The quantitative estimate of drug-likeness (QED) is 0.780. The van der Waals surface area contributed by atoms with Crippen LogP contribution in [0.5, 0.6) is 0 Å². The van der Waals surface area contributed by atoms with E-state index in [1.165, 1.54) is 18.4 Å². The molecule has 1 atom stereocenters. The van der Waals surface area contributed by atoms with Gasteiger partial charge in [-0.05, 0) is 24.3 Å². The number of nitrogens with zero attached hydrogens (tertiary/aromatic N) is 1. The van der Waals surface area contributed by atoms with Gasteiger partial charge in [0.2, 0.25) is 0 Å². The first-order chi connectivity index (χ1) is 8.22. The standard InChI is InChI=1S/C15H19NO/c1-11(2)13-10-17-14(16-13)15(8-9-15)12-6-4-3-5-7-12/h3-7,11,13H,8-10H2,1-2H3. The molecule has 1 aliphatic heterocycles. The number of aliphatic imine (C=N–C) groups is 1. The van der Waals surface area contributed by atoms with Crippen LogP contribution in [-0.2, 0) is 10.2 Å². The topological polar surface area (TPSA) is 21.6 Å². The van der Waals surface area contributed by atoms with Gasteiger partial charge in [-0.3, -0.25) is 0 Å². The minimum absolute atomic E-state index is 0.116.